The van der Waals surface area contributed by atoms with Crippen LogP contribution in [0.15, 0.2) is 0 Å². The highest BCUT2D eigenvalue weighted by Gasteiger charge is 2.26. The maximum Gasteiger partial charge on any atom is 0.222 e. The SMILES string of the molecule is CCc1nc(N)c(C)c(OC2CCC(C)C(C)C2)n1. The van der Waals surface area contributed by atoms with Crippen LogP contribution in [0.25, 0.3) is 0 Å². The number of anilines is 1. The molecule has 106 valence electrons. The lowest BCUT2D eigenvalue weighted by Gasteiger charge is -2.32. The molecular weight excluding hydrogens is 238 g/mol. The zero-order valence-electron chi connectivity index (χ0n) is 12.4. The van der Waals surface area contributed by atoms with Crippen LogP contribution in [0, 0.1) is 18.8 Å². The van der Waals surface area contributed by atoms with Crippen molar-refractivity contribution in [2.45, 2.75) is 59.5 Å². The third-order valence-corrected chi connectivity index (χ3v) is 4.33. The minimum absolute atomic E-state index is 0.268. The number of nitrogens with zero attached hydrogens (tertiary/aromatic N) is 2. The summed E-state index contributed by atoms with van der Waals surface area (Å²) in [5.41, 5.74) is 6.78. The summed E-state index contributed by atoms with van der Waals surface area (Å²) in [7, 11) is 0. The minimum Gasteiger partial charge on any atom is -0.474 e. The Morgan fingerprint density at radius 3 is 2.58 bits per heavy atom. The average molecular weight is 263 g/mol. The molecule has 3 unspecified atom stereocenters. The molecule has 0 aromatic carbocycles. The number of hydrogen-bond acceptors (Lipinski definition) is 4. The smallest absolute Gasteiger partial charge is 0.222 e. The molecule has 1 aliphatic carbocycles. The van der Waals surface area contributed by atoms with Crippen LogP contribution in [0.2, 0.25) is 0 Å². The number of ether oxygens (including phenoxy) is 1. The number of rotatable bonds is 3. The van der Waals surface area contributed by atoms with E-state index < -0.39 is 0 Å². The number of nitrogens with two attached hydrogens (primary N) is 1. The topological polar surface area (TPSA) is 61.0 Å². The summed E-state index contributed by atoms with van der Waals surface area (Å²) in [4.78, 5) is 8.74. The monoisotopic (exact) mass is 263 g/mol. The number of hydrogen-bond donors (Lipinski definition) is 1. The molecule has 1 aromatic heterocycles. The summed E-state index contributed by atoms with van der Waals surface area (Å²) < 4.78 is 6.10. The molecule has 4 nitrogen and oxygen atoms in total. The van der Waals surface area contributed by atoms with Gasteiger partial charge in [0.15, 0.2) is 0 Å². The van der Waals surface area contributed by atoms with Gasteiger partial charge < -0.3 is 10.5 Å². The second-order valence-corrected chi connectivity index (χ2v) is 5.82. The van der Waals surface area contributed by atoms with Crippen LogP contribution in [-0.4, -0.2) is 16.1 Å². The van der Waals surface area contributed by atoms with Crippen molar-refractivity contribution in [3.8, 4) is 5.88 Å². The lowest BCUT2D eigenvalue weighted by Crippen LogP contribution is -2.29. The van der Waals surface area contributed by atoms with E-state index in [0.717, 1.165) is 36.6 Å². The van der Waals surface area contributed by atoms with Gasteiger partial charge in [0.1, 0.15) is 17.7 Å². The van der Waals surface area contributed by atoms with E-state index in [9.17, 15) is 0 Å². The standard InChI is InChI=1S/C15H25N3O/c1-5-13-17-14(16)11(4)15(18-13)19-12-7-6-9(2)10(3)8-12/h9-10,12H,5-8H2,1-4H3,(H2,16,17,18). The van der Waals surface area contributed by atoms with E-state index in [2.05, 4.69) is 23.8 Å². The molecule has 0 spiro atoms. The van der Waals surface area contributed by atoms with Crippen LogP contribution in [0.5, 0.6) is 5.88 Å². The number of aryl methyl sites for hydroxylation is 1. The van der Waals surface area contributed by atoms with Crippen molar-refractivity contribution >= 4 is 5.82 Å². The van der Waals surface area contributed by atoms with Crippen LogP contribution >= 0.6 is 0 Å². The fourth-order valence-corrected chi connectivity index (χ4v) is 2.59. The summed E-state index contributed by atoms with van der Waals surface area (Å²) in [5.74, 6) is 3.48. The lowest BCUT2D eigenvalue weighted by atomic mass is 9.80. The minimum atomic E-state index is 0.268. The normalized spacial score (nSPS) is 27.3. The molecule has 0 aliphatic heterocycles. The molecule has 0 amide bonds. The maximum absolute atomic E-state index is 6.10. The highest BCUT2D eigenvalue weighted by atomic mass is 16.5. The van der Waals surface area contributed by atoms with Crippen LogP contribution in [0.4, 0.5) is 5.82 Å². The summed E-state index contributed by atoms with van der Waals surface area (Å²) in [6.07, 6.45) is 4.48. The number of nitrogen functional groups attached to an aromatic ring is 1. The van der Waals surface area contributed by atoms with Crippen molar-refractivity contribution in [3.63, 3.8) is 0 Å². The fourth-order valence-electron chi connectivity index (χ4n) is 2.59. The molecule has 0 saturated heterocycles. The largest absolute Gasteiger partial charge is 0.474 e. The van der Waals surface area contributed by atoms with Crippen LogP contribution in [0.3, 0.4) is 0 Å². The third kappa shape index (κ3) is 3.17. The van der Waals surface area contributed by atoms with Gasteiger partial charge in [0.05, 0.1) is 5.56 Å². The summed E-state index contributed by atoms with van der Waals surface area (Å²) in [6.45, 7) is 8.58. The molecule has 1 saturated carbocycles. The first-order chi connectivity index (χ1) is 9.01. The lowest BCUT2D eigenvalue weighted by molar-refractivity contribution is 0.0955. The fraction of sp³-hybridized carbons (Fsp3) is 0.733. The zero-order chi connectivity index (χ0) is 14.0. The Kier molecular flexibility index (Phi) is 4.27. The zero-order valence-corrected chi connectivity index (χ0v) is 12.4. The van der Waals surface area contributed by atoms with Gasteiger partial charge in [-0.3, -0.25) is 0 Å². The first-order valence-electron chi connectivity index (χ1n) is 7.30. The van der Waals surface area contributed by atoms with E-state index in [4.69, 9.17) is 10.5 Å². The average Bonchev–Trinajstić information content (AvgIpc) is 2.39. The van der Waals surface area contributed by atoms with Gasteiger partial charge in [0, 0.05) is 6.42 Å². The van der Waals surface area contributed by atoms with E-state index >= 15 is 0 Å². The molecule has 3 atom stereocenters. The van der Waals surface area contributed by atoms with Crippen molar-refractivity contribution in [1.29, 1.82) is 0 Å². The van der Waals surface area contributed by atoms with Gasteiger partial charge >= 0.3 is 0 Å². The second kappa shape index (κ2) is 5.76. The Morgan fingerprint density at radius 2 is 1.95 bits per heavy atom. The Bertz CT molecular complexity index is 447. The molecule has 2 rings (SSSR count). The summed E-state index contributed by atoms with van der Waals surface area (Å²) in [6, 6.07) is 0. The van der Waals surface area contributed by atoms with Crippen molar-refractivity contribution in [3.05, 3.63) is 11.4 Å². The van der Waals surface area contributed by atoms with Crippen LogP contribution in [-0.2, 0) is 6.42 Å². The van der Waals surface area contributed by atoms with Crippen LogP contribution in [0.1, 0.15) is 51.4 Å². The second-order valence-electron chi connectivity index (χ2n) is 5.82. The first-order valence-corrected chi connectivity index (χ1v) is 7.30. The van der Waals surface area contributed by atoms with Gasteiger partial charge in [0.2, 0.25) is 5.88 Å². The Morgan fingerprint density at radius 1 is 1.21 bits per heavy atom. The predicted octanol–water partition coefficient (Wildman–Crippen LogP) is 3.13. The molecule has 19 heavy (non-hydrogen) atoms. The van der Waals surface area contributed by atoms with Gasteiger partial charge in [-0.15, -0.1) is 0 Å². The summed E-state index contributed by atoms with van der Waals surface area (Å²) >= 11 is 0. The van der Waals surface area contributed by atoms with Crippen molar-refractivity contribution < 1.29 is 4.74 Å². The van der Waals surface area contributed by atoms with Crippen molar-refractivity contribution in [2.24, 2.45) is 11.8 Å². The van der Waals surface area contributed by atoms with Crippen molar-refractivity contribution in [2.75, 3.05) is 5.73 Å². The molecule has 1 aromatic rings. The summed E-state index contributed by atoms with van der Waals surface area (Å²) in [5, 5.41) is 0. The molecule has 2 N–H and O–H groups in total. The first kappa shape index (κ1) is 14.1. The van der Waals surface area contributed by atoms with E-state index in [-0.39, 0.29) is 6.10 Å². The molecule has 0 bridgehead atoms. The molecule has 0 radical (unpaired) electrons. The van der Waals surface area contributed by atoms with E-state index in [1.54, 1.807) is 0 Å². The highest BCUT2D eigenvalue weighted by Crippen LogP contribution is 2.32. The van der Waals surface area contributed by atoms with Gasteiger partial charge in [-0.1, -0.05) is 20.8 Å². The van der Waals surface area contributed by atoms with Gasteiger partial charge in [0.25, 0.3) is 0 Å². The molecule has 1 aliphatic rings. The predicted molar refractivity (Wildman–Crippen MR) is 77.2 cm³/mol. The van der Waals surface area contributed by atoms with E-state index in [0.29, 0.717) is 17.6 Å². The molecule has 4 heteroatoms. The third-order valence-electron chi connectivity index (χ3n) is 4.33. The van der Waals surface area contributed by atoms with Gasteiger partial charge in [-0.2, -0.15) is 4.98 Å². The Hall–Kier alpha value is -1.32. The Labute approximate surface area is 115 Å². The van der Waals surface area contributed by atoms with Gasteiger partial charge in [-0.25, -0.2) is 4.98 Å². The van der Waals surface area contributed by atoms with Gasteiger partial charge in [-0.05, 0) is 38.0 Å². The maximum atomic E-state index is 6.10. The highest BCUT2D eigenvalue weighted by molar-refractivity contribution is 5.44. The Balaban J connectivity index is 2.12. The molecular formula is C15H25N3O. The van der Waals surface area contributed by atoms with E-state index in [1.165, 1.54) is 6.42 Å². The molecule has 1 fully saturated rings. The van der Waals surface area contributed by atoms with Crippen LogP contribution < -0.4 is 10.5 Å². The van der Waals surface area contributed by atoms with E-state index in [1.807, 2.05) is 13.8 Å². The van der Waals surface area contributed by atoms with Crippen molar-refractivity contribution in [1.82, 2.24) is 9.97 Å². The molecule has 1 heterocycles. The quantitative estimate of drug-likeness (QED) is 0.910. The number of aromatic nitrogens is 2.